The molecule has 0 aliphatic rings. The van der Waals surface area contributed by atoms with Crippen LogP contribution in [0.4, 0.5) is 0 Å². The van der Waals surface area contributed by atoms with Crippen molar-refractivity contribution in [1.29, 1.82) is 0 Å². The van der Waals surface area contributed by atoms with Crippen molar-refractivity contribution >= 4 is 34.1 Å². The van der Waals surface area contributed by atoms with E-state index >= 15 is 0 Å². The van der Waals surface area contributed by atoms with Crippen LogP contribution in [0.25, 0.3) is 10.1 Å². The van der Waals surface area contributed by atoms with Crippen molar-refractivity contribution in [2.45, 2.75) is 24.8 Å². The molecule has 2 aromatic rings. The Morgan fingerprint density at radius 1 is 1.36 bits per heavy atom. The molecule has 0 unspecified atom stereocenters. The molecule has 3 heteroatoms. The van der Waals surface area contributed by atoms with Crippen LogP contribution in [-0.2, 0) is 13.0 Å². The molecule has 1 N–H and O–H groups in total. The largest absolute Gasteiger partial charge is 0.392 e. The Hall–Kier alpha value is -0.510. The summed E-state index contributed by atoms with van der Waals surface area (Å²) >= 11 is 6.15. The van der Waals surface area contributed by atoms with Crippen molar-refractivity contribution in [3.05, 3.63) is 28.6 Å². The third kappa shape index (κ3) is 1.45. The summed E-state index contributed by atoms with van der Waals surface area (Å²) in [4.78, 5) is 1.01. The average Bonchev–Trinajstić information content (AvgIpc) is 2.63. The highest BCUT2D eigenvalue weighted by atomic mass is 32.1. The first kappa shape index (κ1) is 10.0. The zero-order valence-corrected chi connectivity index (χ0v) is 9.66. The van der Waals surface area contributed by atoms with E-state index in [1.54, 1.807) is 11.3 Å². The molecule has 0 saturated carbocycles. The Labute approximate surface area is 92.8 Å². The van der Waals surface area contributed by atoms with Crippen LogP contribution in [0.3, 0.4) is 0 Å². The predicted octanol–water partition coefficient (Wildman–Crippen LogP) is 3.24. The summed E-state index contributed by atoms with van der Waals surface area (Å²) < 4.78 is 1.18. The summed E-state index contributed by atoms with van der Waals surface area (Å²) in [5.41, 5.74) is 2.33. The number of rotatable bonds is 2. The van der Waals surface area contributed by atoms with E-state index in [-0.39, 0.29) is 6.61 Å². The van der Waals surface area contributed by atoms with Gasteiger partial charge in [-0.1, -0.05) is 13.0 Å². The fourth-order valence-electron chi connectivity index (χ4n) is 1.63. The van der Waals surface area contributed by atoms with Crippen LogP contribution in [0, 0.1) is 0 Å². The molecule has 0 fully saturated rings. The molecule has 74 valence electrons. The van der Waals surface area contributed by atoms with E-state index in [2.05, 4.69) is 24.9 Å². The van der Waals surface area contributed by atoms with Crippen LogP contribution in [0.15, 0.2) is 22.4 Å². The van der Waals surface area contributed by atoms with Crippen LogP contribution in [0.5, 0.6) is 0 Å². The van der Waals surface area contributed by atoms with Crippen LogP contribution >= 0.6 is 24.0 Å². The van der Waals surface area contributed by atoms with Gasteiger partial charge in [0.05, 0.1) is 6.61 Å². The Bertz CT molecular complexity index is 460. The minimum atomic E-state index is 0.105. The van der Waals surface area contributed by atoms with Crippen LogP contribution in [0.1, 0.15) is 18.1 Å². The molecular formula is C11H12OS2. The number of fused-ring (bicyclic) bond motifs is 1. The van der Waals surface area contributed by atoms with E-state index < -0.39 is 0 Å². The number of thiophene rings is 1. The van der Waals surface area contributed by atoms with E-state index in [4.69, 9.17) is 0 Å². The van der Waals surface area contributed by atoms with Crippen molar-refractivity contribution in [3.63, 3.8) is 0 Å². The lowest BCUT2D eigenvalue weighted by Gasteiger charge is -2.02. The quantitative estimate of drug-likeness (QED) is 0.750. The number of thiol groups is 1. The summed E-state index contributed by atoms with van der Waals surface area (Å²) in [6, 6.07) is 3.91. The lowest BCUT2D eigenvalue weighted by Crippen LogP contribution is -1.85. The second-order valence-corrected chi connectivity index (χ2v) is 4.58. The van der Waals surface area contributed by atoms with E-state index in [0.29, 0.717) is 0 Å². The smallest absolute Gasteiger partial charge is 0.0695 e. The summed E-state index contributed by atoms with van der Waals surface area (Å²) in [5, 5.41) is 12.6. The fraction of sp³-hybridized carbons (Fsp3) is 0.273. The van der Waals surface area contributed by atoms with Crippen LogP contribution < -0.4 is 0 Å². The first-order chi connectivity index (χ1) is 6.77. The molecule has 1 nitrogen and oxygen atoms in total. The number of hydrogen-bond donors (Lipinski definition) is 2. The molecule has 0 spiro atoms. The average molecular weight is 224 g/mol. The molecule has 1 aromatic carbocycles. The number of aryl methyl sites for hydroxylation is 1. The van der Waals surface area contributed by atoms with E-state index in [0.717, 1.165) is 16.9 Å². The predicted molar refractivity (Wildman–Crippen MR) is 64.4 cm³/mol. The van der Waals surface area contributed by atoms with Gasteiger partial charge in [0.2, 0.25) is 0 Å². The Kier molecular flexibility index (Phi) is 2.81. The van der Waals surface area contributed by atoms with Gasteiger partial charge in [-0.05, 0) is 29.0 Å². The third-order valence-corrected chi connectivity index (χ3v) is 3.89. The molecule has 14 heavy (non-hydrogen) atoms. The van der Waals surface area contributed by atoms with Gasteiger partial charge in [0.1, 0.15) is 0 Å². The van der Waals surface area contributed by atoms with Gasteiger partial charge in [0.25, 0.3) is 0 Å². The molecule has 0 aliphatic carbocycles. The lowest BCUT2D eigenvalue weighted by molar-refractivity contribution is 0.283. The standard InChI is InChI=1S/C11H12OS2/c1-2-7-6-14-11-8(5-12)3-4-9(13)10(7)11/h3-4,6,12-13H,2,5H2,1H3. The van der Waals surface area contributed by atoms with Gasteiger partial charge >= 0.3 is 0 Å². The normalized spacial score (nSPS) is 11.1. The third-order valence-electron chi connectivity index (χ3n) is 2.41. The number of aliphatic hydroxyl groups excluding tert-OH is 1. The molecule has 0 aliphatic heterocycles. The number of benzene rings is 1. The molecule has 0 amide bonds. The molecule has 0 radical (unpaired) electrons. The zero-order chi connectivity index (χ0) is 10.1. The maximum atomic E-state index is 9.19. The molecule has 0 bridgehead atoms. The Balaban J connectivity index is 2.80. The van der Waals surface area contributed by atoms with Gasteiger partial charge in [-0.2, -0.15) is 0 Å². The van der Waals surface area contributed by atoms with Crippen LogP contribution in [-0.4, -0.2) is 5.11 Å². The van der Waals surface area contributed by atoms with Gasteiger partial charge in [0, 0.05) is 15.0 Å². The molecule has 0 atom stereocenters. The van der Waals surface area contributed by atoms with E-state index in [9.17, 15) is 5.11 Å². The molecule has 2 rings (SSSR count). The fourth-order valence-corrected chi connectivity index (χ4v) is 3.23. The summed E-state index contributed by atoms with van der Waals surface area (Å²) in [5.74, 6) is 0. The number of hydrogen-bond acceptors (Lipinski definition) is 3. The maximum Gasteiger partial charge on any atom is 0.0695 e. The molecule has 1 heterocycles. The summed E-state index contributed by atoms with van der Waals surface area (Å²) in [6.45, 7) is 2.24. The monoisotopic (exact) mass is 224 g/mol. The van der Waals surface area contributed by atoms with Crippen molar-refractivity contribution in [2.24, 2.45) is 0 Å². The van der Waals surface area contributed by atoms with Gasteiger partial charge in [0.15, 0.2) is 0 Å². The molecular weight excluding hydrogens is 212 g/mol. The minimum Gasteiger partial charge on any atom is -0.392 e. The first-order valence-corrected chi connectivity index (χ1v) is 5.92. The van der Waals surface area contributed by atoms with Crippen molar-refractivity contribution < 1.29 is 5.11 Å². The topological polar surface area (TPSA) is 20.2 Å². The maximum absolute atomic E-state index is 9.19. The summed E-state index contributed by atoms with van der Waals surface area (Å²) in [7, 11) is 0. The van der Waals surface area contributed by atoms with E-state index in [1.165, 1.54) is 15.6 Å². The zero-order valence-electron chi connectivity index (χ0n) is 7.95. The van der Waals surface area contributed by atoms with Gasteiger partial charge in [-0.3, -0.25) is 0 Å². The highest BCUT2D eigenvalue weighted by Gasteiger charge is 2.09. The molecule has 1 aromatic heterocycles. The molecule has 0 saturated heterocycles. The minimum absolute atomic E-state index is 0.105. The van der Waals surface area contributed by atoms with Gasteiger partial charge in [-0.25, -0.2) is 0 Å². The van der Waals surface area contributed by atoms with Crippen molar-refractivity contribution in [3.8, 4) is 0 Å². The van der Waals surface area contributed by atoms with Crippen molar-refractivity contribution in [1.82, 2.24) is 0 Å². The van der Waals surface area contributed by atoms with Crippen molar-refractivity contribution in [2.75, 3.05) is 0 Å². The SMILES string of the molecule is CCc1csc2c(CO)ccc(S)c12. The summed E-state index contributed by atoms with van der Waals surface area (Å²) in [6.07, 6.45) is 1.02. The number of aliphatic hydroxyl groups is 1. The lowest BCUT2D eigenvalue weighted by atomic mass is 10.1. The first-order valence-electron chi connectivity index (χ1n) is 4.59. The second-order valence-electron chi connectivity index (χ2n) is 3.22. The second kappa shape index (κ2) is 3.93. The highest BCUT2D eigenvalue weighted by molar-refractivity contribution is 7.80. The highest BCUT2D eigenvalue weighted by Crippen LogP contribution is 2.34. The van der Waals surface area contributed by atoms with E-state index in [1.807, 2.05) is 12.1 Å². The van der Waals surface area contributed by atoms with Crippen LogP contribution in [0.2, 0.25) is 0 Å². The van der Waals surface area contributed by atoms with Gasteiger partial charge in [-0.15, -0.1) is 24.0 Å². The Morgan fingerprint density at radius 3 is 2.79 bits per heavy atom. The van der Waals surface area contributed by atoms with Gasteiger partial charge < -0.3 is 5.11 Å². The Morgan fingerprint density at radius 2 is 2.14 bits per heavy atom.